The van der Waals surface area contributed by atoms with Gasteiger partial charge in [0.25, 0.3) is 0 Å². The maximum Gasteiger partial charge on any atom is 0.573 e. The molecule has 1 aromatic heterocycles. The molecule has 118 valence electrons. The summed E-state index contributed by atoms with van der Waals surface area (Å²) in [5.74, 6) is 0.139. The van der Waals surface area contributed by atoms with Gasteiger partial charge in [-0.3, -0.25) is 0 Å². The molecule has 0 saturated carbocycles. The van der Waals surface area contributed by atoms with Gasteiger partial charge >= 0.3 is 6.36 Å². The molecular weight excluding hydrogens is 315 g/mol. The van der Waals surface area contributed by atoms with E-state index in [0.717, 1.165) is 11.3 Å². The lowest BCUT2D eigenvalue weighted by Crippen LogP contribution is -2.17. The Hall–Kier alpha value is -1.96. The van der Waals surface area contributed by atoms with Gasteiger partial charge in [-0.05, 0) is 31.5 Å². The van der Waals surface area contributed by atoms with Crippen LogP contribution < -0.4 is 10.5 Å². The predicted octanol–water partition coefficient (Wildman–Crippen LogP) is 4.12. The summed E-state index contributed by atoms with van der Waals surface area (Å²) < 4.78 is 40.2. The quantitative estimate of drug-likeness (QED) is 0.675. The Kier molecular flexibility index (Phi) is 4.80. The average molecular weight is 329 g/mol. The highest BCUT2D eigenvalue weighted by molar-refractivity contribution is 7.99. The Morgan fingerprint density at radius 1 is 1.18 bits per heavy atom. The number of aromatic nitrogens is 2. The number of halogens is 3. The number of aryl methyl sites for hydroxylation is 1. The van der Waals surface area contributed by atoms with E-state index in [-0.39, 0.29) is 11.0 Å². The van der Waals surface area contributed by atoms with Crippen LogP contribution in [0.15, 0.2) is 35.5 Å². The van der Waals surface area contributed by atoms with Gasteiger partial charge in [0.2, 0.25) is 0 Å². The minimum absolute atomic E-state index is 0.0406. The lowest BCUT2D eigenvalue weighted by atomic mass is 10.2. The lowest BCUT2D eigenvalue weighted by Gasteiger charge is -2.13. The van der Waals surface area contributed by atoms with Crippen molar-refractivity contribution in [3.05, 3.63) is 41.6 Å². The second kappa shape index (κ2) is 6.43. The third-order valence-corrected chi connectivity index (χ3v) is 3.74. The number of ether oxygens (including phenoxy) is 1. The van der Waals surface area contributed by atoms with Gasteiger partial charge in [-0.1, -0.05) is 23.9 Å². The number of rotatable bonds is 4. The van der Waals surface area contributed by atoms with Crippen molar-refractivity contribution in [2.45, 2.75) is 30.6 Å². The van der Waals surface area contributed by atoms with E-state index >= 15 is 0 Å². The van der Waals surface area contributed by atoms with Crippen molar-refractivity contribution < 1.29 is 17.9 Å². The second-order valence-corrected chi connectivity index (χ2v) is 5.90. The summed E-state index contributed by atoms with van der Waals surface area (Å²) in [7, 11) is 0. The minimum Gasteiger partial charge on any atom is -0.406 e. The standard InChI is InChI=1S/C14H14F3N3OS/c1-8-7-12(18)20-13(19-8)22-9(2)10-3-5-11(6-4-10)21-14(15,16)17/h3-7,9H,1-2H3,(H2,18,19,20). The first-order valence-electron chi connectivity index (χ1n) is 6.36. The lowest BCUT2D eigenvalue weighted by molar-refractivity contribution is -0.274. The first-order valence-corrected chi connectivity index (χ1v) is 7.24. The molecule has 1 unspecified atom stereocenters. The summed E-state index contributed by atoms with van der Waals surface area (Å²) in [4.78, 5) is 8.39. The molecule has 1 heterocycles. The van der Waals surface area contributed by atoms with E-state index < -0.39 is 6.36 Å². The molecule has 22 heavy (non-hydrogen) atoms. The third-order valence-electron chi connectivity index (χ3n) is 2.72. The van der Waals surface area contributed by atoms with Crippen molar-refractivity contribution >= 4 is 17.6 Å². The molecule has 0 bridgehead atoms. The van der Waals surface area contributed by atoms with Crippen LogP contribution in [0, 0.1) is 6.92 Å². The molecule has 0 radical (unpaired) electrons. The van der Waals surface area contributed by atoms with Gasteiger partial charge in [-0.25, -0.2) is 9.97 Å². The largest absolute Gasteiger partial charge is 0.573 e. The molecule has 2 rings (SSSR count). The molecule has 2 N–H and O–H groups in total. The third kappa shape index (κ3) is 4.80. The first-order chi connectivity index (χ1) is 10.2. The number of nitrogen functional groups attached to an aromatic ring is 1. The Labute approximate surface area is 129 Å². The van der Waals surface area contributed by atoms with Crippen molar-refractivity contribution in [2.75, 3.05) is 5.73 Å². The van der Waals surface area contributed by atoms with E-state index in [4.69, 9.17) is 5.73 Å². The molecule has 8 heteroatoms. The van der Waals surface area contributed by atoms with Crippen molar-refractivity contribution in [2.24, 2.45) is 0 Å². The number of anilines is 1. The van der Waals surface area contributed by atoms with E-state index in [1.54, 1.807) is 18.2 Å². The van der Waals surface area contributed by atoms with Crippen LogP contribution in [0.3, 0.4) is 0 Å². The zero-order chi connectivity index (χ0) is 16.3. The smallest absolute Gasteiger partial charge is 0.406 e. The number of hydrogen-bond donors (Lipinski definition) is 1. The predicted molar refractivity (Wildman–Crippen MR) is 78.6 cm³/mol. The van der Waals surface area contributed by atoms with E-state index in [2.05, 4.69) is 14.7 Å². The number of thioether (sulfide) groups is 1. The van der Waals surface area contributed by atoms with Crippen molar-refractivity contribution in [1.82, 2.24) is 9.97 Å². The minimum atomic E-state index is -4.69. The normalized spacial score (nSPS) is 13.0. The van der Waals surface area contributed by atoms with Gasteiger partial charge in [0.05, 0.1) is 0 Å². The Bertz CT molecular complexity index is 627. The molecule has 0 saturated heterocycles. The summed E-state index contributed by atoms with van der Waals surface area (Å²) in [6.45, 7) is 3.72. The van der Waals surface area contributed by atoms with E-state index in [9.17, 15) is 13.2 Å². The molecule has 0 fully saturated rings. The highest BCUT2D eigenvalue weighted by Crippen LogP contribution is 2.34. The van der Waals surface area contributed by atoms with Gasteiger partial charge in [-0.15, -0.1) is 13.2 Å². The zero-order valence-electron chi connectivity index (χ0n) is 11.9. The SMILES string of the molecule is Cc1cc(N)nc(SC(C)c2ccc(OC(F)(F)F)cc2)n1. The summed E-state index contributed by atoms with van der Waals surface area (Å²) in [5.41, 5.74) is 7.26. The topological polar surface area (TPSA) is 61.0 Å². The summed E-state index contributed by atoms with van der Waals surface area (Å²) >= 11 is 1.38. The molecule has 1 atom stereocenters. The highest BCUT2D eigenvalue weighted by Gasteiger charge is 2.31. The highest BCUT2D eigenvalue weighted by atomic mass is 32.2. The van der Waals surface area contributed by atoms with Crippen LogP contribution >= 0.6 is 11.8 Å². The number of hydrogen-bond acceptors (Lipinski definition) is 5. The van der Waals surface area contributed by atoms with Crippen molar-refractivity contribution in [3.63, 3.8) is 0 Å². The fourth-order valence-corrected chi connectivity index (χ4v) is 2.75. The van der Waals surface area contributed by atoms with Gasteiger partial charge in [0, 0.05) is 17.0 Å². The van der Waals surface area contributed by atoms with E-state index in [0.29, 0.717) is 11.0 Å². The van der Waals surface area contributed by atoms with Crippen LogP contribution in [-0.2, 0) is 0 Å². The molecule has 0 spiro atoms. The Balaban J connectivity index is 2.07. The van der Waals surface area contributed by atoms with Gasteiger partial charge in [0.15, 0.2) is 5.16 Å². The summed E-state index contributed by atoms with van der Waals surface area (Å²) in [6.07, 6.45) is -4.69. The molecule has 0 amide bonds. The fraction of sp³-hybridized carbons (Fsp3) is 0.286. The monoisotopic (exact) mass is 329 g/mol. The van der Waals surface area contributed by atoms with Crippen LogP contribution in [0.25, 0.3) is 0 Å². The van der Waals surface area contributed by atoms with Gasteiger partial charge in [0.1, 0.15) is 11.6 Å². The maximum atomic E-state index is 12.1. The fourth-order valence-electron chi connectivity index (χ4n) is 1.78. The number of benzene rings is 1. The van der Waals surface area contributed by atoms with Crippen LogP contribution in [-0.4, -0.2) is 16.3 Å². The summed E-state index contributed by atoms with van der Waals surface area (Å²) in [5, 5.41) is 0.488. The molecule has 4 nitrogen and oxygen atoms in total. The molecule has 0 aliphatic rings. The van der Waals surface area contributed by atoms with Crippen LogP contribution in [0.5, 0.6) is 5.75 Å². The number of nitrogens with zero attached hydrogens (tertiary/aromatic N) is 2. The van der Waals surface area contributed by atoms with Crippen LogP contribution in [0.1, 0.15) is 23.4 Å². The zero-order valence-corrected chi connectivity index (χ0v) is 12.7. The first kappa shape index (κ1) is 16.4. The Morgan fingerprint density at radius 2 is 1.82 bits per heavy atom. The number of alkyl halides is 3. The van der Waals surface area contributed by atoms with Crippen molar-refractivity contribution in [1.29, 1.82) is 0 Å². The maximum absolute atomic E-state index is 12.1. The Morgan fingerprint density at radius 3 is 2.36 bits per heavy atom. The van der Waals surface area contributed by atoms with E-state index in [1.165, 1.54) is 23.9 Å². The number of nitrogens with two attached hydrogens (primary N) is 1. The molecule has 2 aromatic rings. The van der Waals surface area contributed by atoms with Crippen LogP contribution in [0.4, 0.5) is 19.0 Å². The van der Waals surface area contributed by atoms with Gasteiger partial charge in [-0.2, -0.15) is 0 Å². The summed E-state index contributed by atoms with van der Waals surface area (Å²) in [6, 6.07) is 7.39. The average Bonchev–Trinajstić information content (AvgIpc) is 2.36. The van der Waals surface area contributed by atoms with Crippen LogP contribution in [0.2, 0.25) is 0 Å². The molecule has 1 aromatic carbocycles. The van der Waals surface area contributed by atoms with E-state index in [1.807, 2.05) is 13.8 Å². The van der Waals surface area contributed by atoms with Gasteiger partial charge < -0.3 is 10.5 Å². The van der Waals surface area contributed by atoms with Crippen molar-refractivity contribution in [3.8, 4) is 5.75 Å². The second-order valence-electron chi connectivity index (χ2n) is 4.59. The molecule has 0 aliphatic heterocycles. The molecular formula is C14H14F3N3OS. The molecule has 0 aliphatic carbocycles.